The number of para-hydroxylation sites is 1. The van der Waals surface area contributed by atoms with Crippen molar-refractivity contribution in [2.45, 2.75) is 19.9 Å². The van der Waals surface area contributed by atoms with Crippen LogP contribution in [0.5, 0.6) is 5.75 Å². The van der Waals surface area contributed by atoms with Crippen LogP contribution >= 0.6 is 0 Å². The first-order chi connectivity index (χ1) is 13.0. The summed E-state index contributed by atoms with van der Waals surface area (Å²) in [5, 5.41) is 13.9. The van der Waals surface area contributed by atoms with Crippen LogP contribution in [0.25, 0.3) is 0 Å². The Morgan fingerprint density at radius 2 is 1.81 bits per heavy atom. The molecule has 1 heterocycles. The third-order valence-electron chi connectivity index (χ3n) is 3.78. The molecule has 1 aliphatic heterocycles. The highest BCUT2D eigenvalue weighted by Crippen LogP contribution is 2.24. The molecule has 0 saturated heterocycles. The Kier molecular flexibility index (Phi) is 5.21. The average molecular weight is 362 g/mol. The highest BCUT2D eigenvalue weighted by molar-refractivity contribution is 6.18. The number of rotatable bonds is 5. The first-order valence-electron chi connectivity index (χ1n) is 8.28. The van der Waals surface area contributed by atoms with Gasteiger partial charge in [-0.15, -0.1) is 0 Å². The minimum Gasteiger partial charge on any atom is -0.423 e. The van der Waals surface area contributed by atoms with Gasteiger partial charge in [-0.05, 0) is 50.2 Å². The molecule has 2 aromatic rings. The Morgan fingerprint density at radius 1 is 1.15 bits per heavy atom. The Bertz CT molecular complexity index is 933. The summed E-state index contributed by atoms with van der Waals surface area (Å²) < 4.78 is 5.12. The van der Waals surface area contributed by atoms with Crippen molar-refractivity contribution >= 4 is 29.0 Å². The van der Waals surface area contributed by atoms with Gasteiger partial charge in [0.2, 0.25) is 0 Å². The van der Waals surface area contributed by atoms with Gasteiger partial charge >= 0.3 is 5.97 Å². The van der Waals surface area contributed by atoms with Gasteiger partial charge in [0.1, 0.15) is 5.75 Å². The minimum atomic E-state index is -0.758. The highest BCUT2D eigenvalue weighted by Gasteiger charge is 2.34. The number of azo groups is 1. The summed E-state index contributed by atoms with van der Waals surface area (Å²) in [6.07, 6.45) is 0. The van der Waals surface area contributed by atoms with E-state index in [1.54, 1.807) is 50.2 Å². The minimum absolute atomic E-state index is 0.255. The zero-order valence-electron chi connectivity index (χ0n) is 15.0. The molecule has 3 rings (SSSR count). The molecule has 1 aliphatic rings. The molecule has 0 radical (unpaired) electrons. The fourth-order valence-corrected chi connectivity index (χ4v) is 2.34. The molecule has 0 N–H and O–H groups in total. The first kappa shape index (κ1) is 18.2. The molecule has 2 aromatic carbocycles. The van der Waals surface area contributed by atoms with Crippen LogP contribution in [0.15, 0.2) is 82.1 Å². The number of hydrogen-bond donors (Lipinski definition) is 0. The fourth-order valence-electron chi connectivity index (χ4n) is 2.34. The lowest BCUT2D eigenvalue weighted by Gasteiger charge is -2.11. The molecule has 0 fully saturated rings. The predicted molar refractivity (Wildman–Crippen MR) is 102 cm³/mol. The van der Waals surface area contributed by atoms with E-state index in [2.05, 4.69) is 21.9 Å². The normalized spacial score (nSPS) is 16.5. The second kappa shape index (κ2) is 7.74. The van der Waals surface area contributed by atoms with Crippen LogP contribution < -0.4 is 9.75 Å². The van der Waals surface area contributed by atoms with Gasteiger partial charge in [-0.25, -0.2) is 4.79 Å². The predicted octanol–water partition coefficient (Wildman–Crippen LogP) is 4.04. The second-order valence-electron chi connectivity index (χ2n) is 6.01. The van der Waals surface area contributed by atoms with Crippen molar-refractivity contribution in [1.29, 1.82) is 0 Å². The summed E-state index contributed by atoms with van der Waals surface area (Å²) in [6.45, 7) is 6.85. The van der Waals surface area contributed by atoms with Crippen LogP contribution in [0.4, 0.5) is 11.4 Å². The monoisotopic (exact) mass is 362 g/mol. The first-order valence-corrected chi connectivity index (χ1v) is 8.28. The number of esters is 1. The average Bonchev–Trinajstić information content (AvgIpc) is 2.95. The Hall–Kier alpha value is -3.61. The molecular formula is C20H18N4O3. The smallest absolute Gasteiger partial charge is 0.338 e. The molecule has 0 saturated carbocycles. The van der Waals surface area contributed by atoms with Crippen molar-refractivity contribution < 1.29 is 14.3 Å². The van der Waals surface area contributed by atoms with E-state index >= 15 is 0 Å². The van der Waals surface area contributed by atoms with Gasteiger partial charge in [0, 0.05) is 5.57 Å². The summed E-state index contributed by atoms with van der Waals surface area (Å²) in [6, 6.07) is 14.9. The molecule has 1 atom stereocenters. The molecule has 1 unspecified atom stereocenters. The van der Waals surface area contributed by atoms with Crippen LogP contribution in [0.2, 0.25) is 0 Å². The van der Waals surface area contributed by atoms with E-state index in [4.69, 9.17) is 4.74 Å². The van der Waals surface area contributed by atoms with Gasteiger partial charge in [-0.2, -0.15) is 20.3 Å². The van der Waals surface area contributed by atoms with Crippen molar-refractivity contribution in [1.82, 2.24) is 0 Å². The summed E-state index contributed by atoms with van der Waals surface area (Å²) >= 11 is 0. The fraction of sp³-hybridized carbons (Fsp3) is 0.150. The van der Waals surface area contributed by atoms with E-state index < -0.39 is 12.0 Å². The van der Waals surface area contributed by atoms with Gasteiger partial charge in [0.15, 0.2) is 6.04 Å². The maximum atomic E-state index is 12.6. The highest BCUT2D eigenvalue weighted by atomic mass is 16.5. The molecule has 0 spiro atoms. The van der Waals surface area contributed by atoms with Crippen LogP contribution in [0.1, 0.15) is 13.8 Å². The second-order valence-corrected chi connectivity index (χ2v) is 6.01. The Balaban J connectivity index is 1.69. The topological polar surface area (TPSA) is 83.7 Å². The number of hydrazone groups is 1. The summed E-state index contributed by atoms with van der Waals surface area (Å²) in [5.74, 6) is -0.366. The third kappa shape index (κ3) is 4.14. The van der Waals surface area contributed by atoms with Crippen molar-refractivity contribution in [3.63, 3.8) is 0 Å². The van der Waals surface area contributed by atoms with Crippen molar-refractivity contribution in [2.75, 3.05) is 5.01 Å². The molecule has 0 aromatic heterocycles. The molecular weight excluding hydrogens is 344 g/mol. The van der Waals surface area contributed by atoms with Crippen molar-refractivity contribution in [3.05, 3.63) is 66.7 Å². The van der Waals surface area contributed by atoms with Crippen LogP contribution in [0.3, 0.4) is 0 Å². The van der Waals surface area contributed by atoms with E-state index in [1.807, 2.05) is 18.2 Å². The maximum Gasteiger partial charge on any atom is 0.338 e. The maximum absolute atomic E-state index is 12.6. The van der Waals surface area contributed by atoms with Crippen LogP contribution in [-0.4, -0.2) is 23.6 Å². The lowest BCUT2D eigenvalue weighted by molar-refractivity contribution is -0.130. The number of hydrogen-bond acceptors (Lipinski definition) is 6. The zero-order valence-corrected chi connectivity index (χ0v) is 15.0. The summed E-state index contributed by atoms with van der Waals surface area (Å²) in [4.78, 5) is 24.1. The lowest BCUT2D eigenvalue weighted by Crippen LogP contribution is -2.29. The summed E-state index contributed by atoms with van der Waals surface area (Å²) in [7, 11) is 0. The number of anilines is 1. The standard InChI is InChI=1S/C20H18N4O3/c1-13(2)20(26)27-17-11-9-15(10-12-17)21-22-18-14(3)23-24(19(18)25)16-7-5-4-6-8-16/h4-12,18H,1H2,2-3H3. The van der Waals surface area contributed by atoms with E-state index in [1.165, 1.54) is 5.01 Å². The zero-order chi connectivity index (χ0) is 19.4. The third-order valence-corrected chi connectivity index (χ3v) is 3.78. The van der Waals surface area contributed by atoms with Crippen molar-refractivity contribution in [3.8, 4) is 5.75 Å². The number of benzene rings is 2. The van der Waals surface area contributed by atoms with E-state index in [0.717, 1.165) is 0 Å². The number of carbonyl (C=O) groups excluding carboxylic acids is 2. The molecule has 7 heteroatoms. The van der Waals surface area contributed by atoms with Gasteiger partial charge in [0.25, 0.3) is 5.91 Å². The van der Waals surface area contributed by atoms with Gasteiger partial charge in [-0.1, -0.05) is 24.8 Å². The SMILES string of the molecule is C=C(C)C(=O)Oc1ccc(N=NC2C(=O)N(c3ccccc3)N=C2C)cc1. The Labute approximate surface area is 156 Å². The van der Waals surface area contributed by atoms with E-state index in [9.17, 15) is 9.59 Å². The number of ether oxygens (including phenoxy) is 1. The van der Waals surface area contributed by atoms with Crippen LogP contribution in [-0.2, 0) is 9.59 Å². The van der Waals surface area contributed by atoms with E-state index in [-0.39, 0.29) is 5.91 Å². The lowest BCUT2D eigenvalue weighted by atomic mass is 10.2. The number of carbonyl (C=O) groups is 2. The van der Waals surface area contributed by atoms with Gasteiger partial charge in [0.05, 0.1) is 17.1 Å². The molecule has 27 heavy (non-hydrogen) atoms. The molecule has 136 valence electrons. The Morgan fingerprint density at radius 3 is 2.44 bits per heavy atom. The number of nitrogens with zero attached hydrogens (tertiary/aromatic N) is 4. The molecule has 7 nitrogen and oxygen atoms in total. The quantitative estimate of drug-likeness (QED) is 0.348. The van der Waals surface area contributed by atoms with E-state index in [0.29, 0.717) is 28.4 Å². The van der Waals surface area contributed by atoms with Crippen LogP contribution in [0, 0.1) is 0 Å². The molecule has 0 aliphatic carbocycles. The van der Waals surface area contributed by atoms with Crippen molar-refractivity contribution in [2.24, 2.45) is 15.3 Å². The summed E-state index contributed by atoms with van der Waals surface area (Å²) in [5.41, 5.74) is 2.10. The number of amides is 1. The van der Waals surface area contributed by atoms with Gasteiger partial charge < -0.3 is 4.74 Å². The van der Waals surface area contributed by atoms with Gasteiger partial charge in [-0.3, -0.25) is 4.79 Å². The largest absolute Gasteiger partial charge is 0.423 e. The molecule has 0 bridgehead atoms. The molecule has 1 amide bonds.